The van der Waals surface area contributed by atoms with Gasteiger partial charge in [-0.2, -0.15) is 0 Å². The van der Waals surface area contributed by atoms with Crippen molar-refractivity contribution in [1.82, 2.24) is 58.6 Å². The van der Waals surface area contributed by atoms with Gasteiger partial charge in [0.25, 0.3) is 6.47 Å². The summed E-state index contributed by atoms with van der Waals surface area (Å²) in [6.07, 6.45) is 3.77. The fourth-order valence-corrected chi connectivity index (χ4v) is 27.0. The number of hydrogen-bond acceptors (Lipinski definition) is 21. The van der Waals surface area contributed by atoms with E-state index in [1.807, 2.05) is 104 Å². The molecule has 0 saturated carbocycles. The van der Waals surface area contributed by atoms with Crippen molar-refractivity contribution in [3.05, 3.63) is 275 Å². The van der Waals surface area contributed by atoms with E-state index < -0.39 is 84.0 Å². The van der Waals surface area contributed by atoms with Crippen LogP contribution < -0.4 is 16.2 Å². The molecular formula is C113H116N17O16Si2. The number of hydrogen-bond donors (Lipinski definition) is 12. The minimum atomic E-state index is -2.32. The number of rotatable bonds is 28. The minimum Gasteiger partial charge on any atom is -0.481 e. The topological polar surface area (TPSA) is 481 Å². The van der Waals surface area contributed by atoms with Gasteiger partial charge in [0.1, 0.15) is 23.2 Å². The summed E-state index contributed by atoms with van der Waals surface area (Å²) in [5.74, 6) is -3.61. The molecule has 8 aromatic heterocycles. The molecule has 0 aliphatic carbocycles. The van der Waals surface area contributed by atoms with Gasteiger partial charge in [-0.1, -0.05) is 124 Å². The summed E-state index contributed by atoms with van der Waals surface area (Å²) < 4.78 is 17.0. The number of allylic oxidation sites excluding steroid dienone is 5. The Bertz CT molecular complexity index is 8250. The van der Waals surface area contributed by atoms with E-state index in [-0.39, 0.29) is 80.8 Å². The van der Waals surface area contributed by atoms with Crippen molar-refractivity contribution in [2.75, 3.05) is 27.2 Å². The number of amidine groups is 3. The first-order valence-electron chi connectivity index (χ1n) is 49.5. The molecule has 16 heterocycles. The Balaban J connectivity index is 0.000000146. The van der Waals surface area contributed by atoms with Gasteiger partial charge in [0.2, 0.25) is 5.91 Å². The van der Waals surface area contributed by atoms with E-state index in [2.05, 4.69) is 168 Å². The summed E-state index contributed by atoms with van der Waals surface area (Å²) in [4.78, 5) is 146. The minimum absolute atomic E-state index is 0.0149. The van der Waals surface area contributed by atoms with Gasteiger partial charge in [0.15, 0.2) is 25.8 Å². The molecule has 5 unspecified atom stereocenters. The number of carbonyl (C=O) groups excluding carboxylic acids is 2. The third-order valence-corrected chi connectivity index (χ3v) is 35.0. The predicted octanol–water partition coefficient (Wildman–Crippen LogP) is 18.5. The lowest BCUT2D eigenvalue weighted by atomic mass is 9.84. The normalized spacial score (nSPS) is 15.5. The van der Waals surface area contributed by atoms with Crippen molar-refractivity contribution in [3.63, 3.8) is 0 Å². The highest BCUT2D eigenvalue weighted by Gasteiger charge is 2.43. The van der Waals surface area contributed by atoms with Crippen molar-refractivity contribution < 1.29 is 78.2 Å². The first kappa shape index (κ1) is 102. The van der Waals surface area contributed by atoms with E-state index in [0.717, 1.165) is 185 Å². The lowest BCUT2D eigenvalue weighted by Crippen LogP contribution is -2.53. The molecule has 22 bridgehead atoms. The lowest BCUT2D eigenvalue weighted by Gasteiger charge is -2.30. The summed E-state index contributed by atoms with van der Waals surface area (Å²) in [6.45, 7) is 30.4. The van der Waals surface area contributed by atoms with Gasteiger partial charge in [-0.15, -0.1) is 0 Å². The predicted molar refractivity (Wildman–Crippen MR) is 579 cm³/mol. The van der Waals surface area contributed by atoms with Crippen LogP contribution in [-0.2, 0) is 55.3 Å². The standard InChI is InChI=1S/C40H35N8OSi2.C39H43N5O9.C34H38N4O6/c1-46(2)22-13-23-51(3,4)49-50-47-34-24-33-25-14-5-7-16-27(25)35(41-33)43-39-31-20-11-12-21-32(31)40(48(39)50)45-37-29-18-9-8-17-28(29)36(42-37)44-38(47)30-19-10-6-15-26(30)34;1-7-22-18(3)27-14-29-20(5)24(9-10-33(46)42-26(38(49)50)11-12-53-17-45)36(43-29)25(13-34(47)48)37-35(39(51)52)21(6)30(44-37)16-32-23(8-2)19(4)28(41-32)15-31(22)40-27;1-15-21(7-9-31(41)42)27-14-28-22(8-10-32(43)44)16(2)24(36-28)12-29-34(20(6)40)18(4)26(38-29)13-30-33(19(5)39)17(3)25(37-30)11-23(15)35-27/h5-12,14-21,24H,13,22-23H2,1-4H3;7,14-17,20,24,26,40-41H,1,8-13H2,2-6H3,(H,42,46)(H,47,48)(H,49,50)(H,51,52);11-14,19-20,37-40H,7-10H2,1-6H3,(H,41,42)(H,43,44). The summed E-state index contributed by atoms with van der Waals surface area (Å²) in [7, 11) is -0.281. The molecule has 148 heavy (non-hydrogen) atoms. The third kappa shape index (κ3) is 19.7. The molecule has 12 N–H and O–H groups in total. The fourth-order valence-electron chi connectivity index (χ4n) is 21.3. The zero-order chi connectivity index (χ0) is 105. The zero-order valence-electron chi connectivity index (χ0n) is 85.0. The number of H-pyrrole nitrogens is 4. The molecule has 1 amide bonds. The van der Waals surface area contributed by atoms with Crippen LogP contribution in [0.4, 0.5) is 11.6 Å². The molecule has 8 aliphatic rings. The molecule has 0 saturated heterocycles. The summed E-state index contributed by atoms with van der Waals surface area (Å²) in [5.41, 5.74) is 25.9. The number of aryl methyl sites for hydroxylation is 5. The van der Waals surface area contributed by atoms with E-state index in [0.29, 0.717) is 86.0 Å². The second-order valence-corrected chi connectivity index (χ2v) is 45.6. The Morgan fingerprint density at radius 1 is 0.561 bits per heavy atom. The number of aliphatic hydroxyl groups is 2. The highest BCUT2D eigenvalue weighted by Crippen LogP contribution is 2.48. The molecule has 35 heteroatoms. The Morgan fingerprint density at radius 2 is 1.07 bits per heavy atom. The Morgan fingerprint density at radius 3 is 1.64 bits per heavy atom. The van der Waals surface area contributed by atoms with Crippen molar-refractivity contribution >= 4 is 206 Å². The van der Waals surface area contributed by atoms with Gasteiger partial charge < -0.3 is 79.0 Å². The molecule has 0 fully saturated rings. The number of ether oxygens (including phenoxy) is 1. The van der Waals surface area contributed by atoms with E-state index in [4.69, 9.17) is 49.0 Å². The maximum Gasteiger partial charge on any atom is 0.484 e. The lowest BCUT2D eigenvalue weighted by molar-refractivity contribution is -0.143. The number of nitrogens with one attached hydrogen (secondary N) is 5. The number of carboxylic acids is 5. The van der Waals surface area contributed by atoms with Crippen molar-refractivity contribution in [3.8, 4) is 0 Å². The highest BCUT2D eigenvalue weighted by molar-refractivity contribution is 6.78. The molecule has 5 atom stereocenters. The number of aliphatic imine (C=N–C) groups is 4. The van der Waals surface area contributed by atoms with Gasteiger partial charge in [-0.25, -0.2) is 49.5 Å². The van der Waals surface area contributed by atoms with Gasteiger partial charge in [0, 0.05) is 159 Å². The van der Waals surface area contributed by atoms with Crippen LogP contribution in [0.25, 0.3) is 111 Å². The van der Waals surface area contributed by atoms with Crippen LogP contribution in [0.1, 0.15) is 242 Å². The summed E-state index contributed by atoms with van der Waals surface area (Å²) >= 11 is 0. The van der Waals surface area contributed by atoms with E-state index in [1.165, 1.54) is 0 Å². The van der Waals surface area contributed by atoms with Crippen LogP contribution >= 0.6 is 0 Å². The zero-order valence-corrected chi connectivity index (χ0v) is 87.0. The molecule has 4 aromatic carbocycles. The fraction of sp³-hybridized carbons (Fsp3) is 0.292. The SMILES string of the molecule is C=Cc1c(C)c2cc3nc(c(CC(=O)O)c4nc(cc5[nH]c(cc1[nH]2)c(C)c5CC)C(C)=C4C(=O)O)C(CCC(=O)NC(CCOC=O)C(=O)O)C3C.CC1=C(CCC(=O)O)c2cc3nc(cc4[nH]c(cc5[nH]c(cc1n2)c(C)c5C(C)O)c(C)c4C(C)O)C(C)=C3CCC(=O)O.CN(C)CCC[Si](C)(C)O[Si]1n2c3c4ccccc4c2N=C2N=C(N=c4c5ccccc5c(n41)=CC1=NC(=N3)c3ccccc31)c1ccccc12. The first-order chi connectivity index (χ1) is 70.8. The summed E-state index contributed by atoms with van der Waals surface area (Å²) in [5, 5.41) is 78.4. The van der Waals surface area contributed by atoms with Crippen molar-refractivity contribution in [2.45, 2.75) is 190 Å². The molecule has 0 spiro atoms. The Labute approximate surface area is 854 Å². The molecule has 757 valence electrons. The number of benzene rings is 4. The number of carboxylic acid groups (broad SMARTS) is 5. The molecule has 33 nitrogen and oxygen atoms in total. The second kappa shape index (κ2) is 41.5. The average molecular weight is 2020 g/mol. The van der Waals surface area contributed by atoms with Crippen LogP contribution in [0.3, 0.4) is 0 Å². The molecular weight excluding hydrogens is 1910 g/mol. The Hall–Kier alpha value is -15.9. The van der Waals surface area contributed by atoms with Crippen LogP contribution in [0.15, 0.2) is 171 Å². The largest absolute Gasteiger partial charge is 0.484 e. The maximum atomic E-state index is 13.1. The number of amides is 1. The first-order valence-corrected chi connectivity index (χ1v) is 53.9. The van der Waals surface area contributed by atoms with E-state index in [9.17, 15) is 69.3 Å². The number of fused-ring (bicyclic) bond motifs is 30. The smallest absolute Gasteiger partial charge is 0.481 e. The van der Waals surface area contributed by atoms with Crippen LogP contribution in [0.2, 0.25) is 19.1 Å². The highest BCUT2D eigenvalue weighted by atomic mass is 28.4. The molecule has 12 aromatic rings. The number of nitrogens with zero attached hydrogens (tertiary/aromatic N) is 12. The third-order valence-electron chi connectivity index (χ3n) is 28.9. The van der Waals surface area contributed by atoms with Gasteiger partial charge >= 0.3 is 39.2 Å². The van der Waals surface area contributed by atoms with E-state index in [1.54, 1.807) is 32.9 Å². The molecule has 1 radical (unpaired) electrons. The summed E-state index contributed by atoms with van der Waals surface area (Å²) in [6, 6.07) is 46.5. The molecule has 8 aliphatic heterocycles. The van der Waals surface area contributed by atoms with Gasteiger partial charge in [-0.3, -0.25) is 33.2 Å². The quantitative estimate of drug-likeness (QED) is 0.0123. The van der Waals surface area contributed by atoms with Crippen LogP contribution in [0.5, 0.6) is 0 Å². The maximum absolute atomic E-state index is 13.1. The number of aliphatic carboxylic acids is 5. The number of aliphatic hydroxyl groups excluding tert-OH is 2. The molecule has 20 rings (SSSR count). The van der Waals surface area contributed by atoms with Crippen molar-refractivity contribution in [1.29, 1.82) is 0 Å². The number of carbonyl (C=O) groups is 7. The monoisotopic (exact) mass is 2020 g/mol. The van der Waals surface area contributed by atoms with Gasteiger partial charge in [0.05, 0.1) is 76.4 Å². The Kier molecular flexibility index (Phi) is 28.7. The van der Waals surface area contributed by atoms with Crippen molar-refractivity contribution in [2.24, 2.45) is 25.0 Å². The van der Waals surface area contributed by atoms with E-state index >= 15 is 0 Å². The average Bonchev–Trinajstić information content (AvgIpc) is 1.55. The van der Waals surface area contributed by atoms with Crippen LogP contribution in [-0.4, -0.2) is 205 Å². The van der Waals surface area contributed by atoms with Gasteiger partial charge in [-0.05, 0) is 238 Å². The van der Waals surface area contributed by atoms with Crippen LogP contribution in [0, 0.1) is 27.7 Å². The number of aromatic amines is 4. The number of aromatic nitrogens is 10. The second-order valence-electron chi connectivity index (χ2n) is 39.3.